The molecule has 0 saturated carbocycles. The van der Waals surface area contributed by atoms with Crippen LogP contribution in [-0.2, 0) is 13.5 Å². The van der Waals surface area contributed by atoms with E-state index in [1.54, 1.807) is 0 Å². The second-order valence-electron chi connectivity index (χ2n) is 7.82. The van der Waals surface area contributed by atoms with Crippen LogP contribution in [-0.4, -0.2) is 21.1 Å². The number of H-pyrrole nitrogens is 1. The third kappa shape index (κ3) is 3.22. The SMILES string of the molecule is CCC(C)c1ccc2[nH]c(-c3nc4ccccc4n3C)c(CCCCN)c2c1. The van der Waals surface area contributed by atoms with Crippen molar-refractivity contribution in [1.82, 2.24) is 14.5 Å². The lowest BCUT2D eigenvalue weighted by Crippen LogP contribution is -2.00. The minimum absolute atomic E-state index is 0.565. The maximum atomic E-state index is 5.76. The van der Waals surface area contributed by atoms with Crippen molar-refractivity contribution in [2.45, 2.75) is 45.4 Å². The Kier molecular flexibility index (Phi) is 5.23. The van der Waals surface area contributed by atoms with E-state index in [4.69, 9.17) is 10.7 Å². The minimum atomic E-state index is 0.565. The first kappa shape index (κ1) is 18.8. The summed E-state index contributed by atoms with van der Waals surface area (Å²) in [6.07, 6.45) is 4.30. The highest BCUT2D eigenvalue weighted by atomic mass is 15.1. The van der Waals surface area contributed by atoms with Crippen molar-refractivity contribution in [3.8, 4) is 11.5 Å². The molecule has 0 saturated heterocycles. The highest BCUT2D eigenvalue weighted by Gasteiger charge is 2.19. The molecule has 0 radical (unpaired) electrons. The second-order valence-corrected chi connectivity index (χ2v) is 7.82. The molecule has 0 aliphatic carbocycles. The number of para-hydroxylation sites is 2. The molecule has 0 aliphatic rings. The fraction of sp³-hybridized carbons (Fsp3) is 0.375. The van der Waals surface area contributed by atoms with Crippen molar-refractivity contribution in [2.24, 2.45) is 12.8 Å². The molecule has 2 aromatic heterocycles. The van der Waals surface area contributed by atoms with E-state index in [1.807, 2.05) is 6.07 Å². The number of aromatic amines is 1. The van der Waals surface area contributed by atoms with Crippen LogP contribution in [0.15, 0.2) is 42.5 Å². The van der Waals surface area contributed by atoms with E-state index in [2.05, 4.69) is 66.8 Å². The van der Waals surface area contributed by atoms with Gasteiger partial charge >= 0.3 is 0 Å². The van der Waals surface area contributed by atoms with E-state index in [0.29, 0.717) is 5.92 Å². The van der Waals surface area contributed by atoms with Crippen LogP contribution in [0.1, 0.15) is 50.2 Å². The molecule has 4 heteroatoms. The van der Waals surface area contributed by atoms with Crippen molar-refractivity contribution in [3.63, 3.8) is 0 Å². The van der Waals surface area contributed by atoms with E-state index >= 15 is 0 Å². The van der Waals surface area contributed by atoms with Crippen molar-refractivity contribution < 1.29 is 0 Å². The average Bonchev–Trinajstić information content (AvgIpc) is 3.25. The monoisotopic (exact) mass is 374 g/mol. The molecule has 4 nitrogen and oxygen atoms in total. The van der Waals surface area contributed by atoms with Gasteiger partial charge in [-0.15, -0.1) is 0 Å². The van der Waals surface area contributed by atoms with Gasteiger partial charge in [-0.05, 0) is 73.5 Å². The molecule has 0 amide bonds. The first-order valence-corrected chi connectivity index (χ1v) is 10.4. The summed E-state index contributed by atoms with van der Waals surface area (Å²) in [6, 6.07) is 15.2. The largest absolute Gasteiger partial charge is 0.352 e. The molecule has 0 spiro atoms. The predicted molar refractivity (Wildman–Crippen MR) is 119 cm³/mol. The Balaban J connectivity index is 1.90. The molecule has 1 atom stereocenters. The molecule has 2 aromatic carbocycles. The Morgan fingerprint density at radius 2 is 1.96 bits per heavy atom. The number of nitrogens with one attached hydrogen (secondary N) is 1. The predicted octanol–water partition coefficient (Wildman–Crippen LogP) is 5.52. The van der Waals surface area contributed by atoms with Gasteiger partial charge in [0.15, 0.2) is 5.82 Å². The minimum Gasteiger partial charge on any atom is -0.352 e. The normalized spacial score (nSPS) is 12.9. The summed E-state index contributed by atoms with van der Waals surface area (Å²) >= 11 is 0. The molecule has 4 aromatic rings. The topological polar surface area (TPSA) is 59.6 Å². The van der Waals surface area contributed by atoms with Crippen LogP contribution < -0.4 is 5.73 Å². The van der Waals surface area contributed by atoms with Gasteiger partial charge < -0.3 is 15.3 Å². The standard InChI is InChI=1S/C24H30N4/c1-4-16(2)17-12-13-20-19(15-17)18(9-7-8-14-25)23(26-20)24-27-21-10-5-6-11-22(21)28(24)3/h5-6,10-13,15-16,26H,4,7-9,14,25H2,1-3H3. The maximum Gasteiger partial charge on any atom is 0.157 e. The van der Waals surface area contributed by atoms with Crippen molar-refractivity contribution in [1.29, 1.82) is 0 Å². The second kappa shape index (κ2) is 7.80. The summed E-state index contributed by atoms with van der Waals surface area (Å²) in [6.45, 7) is 5.29. The Hall–Kier alpha value is -2.59. The number of fused-ring (bicyclic) bond motifs is 2. The van der Waals surface area contributed by atoms with Gasteiger partial charge in [0.1, 0.15) is 0 Å². The van der Waals surface area contributed by atoms with Crippen LogP contribution in [0, 0.1) is 0 Å². The van der Waals surface area contributed by atoms with Gasteiger partial charge in [0.05, 0.1) is 16.7 Å². The van der Waals surface area contributed by atoms with Crippen LogP contribution in [0.2, 0.25) is 0 Å². The number of hydrogen-bond acceptors (Lipinski definition) is 2. The molecule has 3 N–H and O–H groups in total. The highest BCUT2D eigenvalue weighted by Crippen LogP contribution is 2.34. The number of rotatable bonds is 7. The van der Waals surface area contributed by atoms with Crippen molar-refractivity contribution in [2.75, 3.05) is 6.54 Å². The Morgan fingerprint density at radius 3 is 2.71 bits per heavy atom. The Labute approximate surface area is 166 Å². The van der Waals surface area contributed by atoms with Crippen LogP contribution >= 0.6 is 0 Å². The van der Waals surface area contributed by atoms with Gasteiger partial charge in [-0.3, -0.25) is 0 Å². The van der Waals surface area contributed by atoms with E-state index in [-0.39, 0.29) is 0 Å². The van der Waals surface area contributed by atoms with Gasteiger partial charge in [0, 0.05) is 18.0 Å². The van der Waals surface area contributed by atoms with Gasteiger partial charge in [-0.2, -0.15) is 0 Å². The number of aromatic nitrogens is 3. The molecule has 2 heterocycles. The van der Waals surface area contributed by atoms with Crippen LogP contribution in [0.5, 0.6) is 0 Å². The number of nitrogens with zero attached hydrogens (tertiary/aromatic N) is 2. The highest BCUT2D eigenvalue weighted by molar-refractivity contribution is 5.92. The van der Waals surface area contributed by atoms with Crippen molar-refractivity contribution >= 4 is 21.9 Å². The number of hydrogen-bond donors (Lipinski definition) is 2. The Morgan fingerprint density at radius 1 is 1.14 bits per heavy atom. The lowest BCUT2D eigenvalue weighted by molar-refractivity contribution is 0.734. The zero-order chi connectivity index (χ0) is 19.7. The molecular formula is C24H30N4. The summed E-state index contributed by atoms with van der Waals surface area (Å²) < 4.78 is 2.20. The van der Waals surface area contributed by atoms with Gasteiger partial charge in [-0.1, -0.05) is 32.0 Å². The summed E-state index contributed by atoms with van der Waals surface area (Å²) in [7, 11) is 2.10. The van der Waals surface area contributed by atoms with Gasteiger partial charge in [0.25, 0.3) is 0 Å². The summed E-state index contributed by atoms with van der Waals surface area (Å²) in [5.41, 5.74) is 13.1. The van der Waals surface area contributed by atoms with Crippen LogP contribution in [0.25, 0.3) is 33.5 Å². The number of unbranched alkanes of at least 4 members (excludes halogenated alkanes) is 1. The third-order valence-electron chi connectivity index (χ3n) is 6.00. The van der Waals surface area contributed by atoms with E-state index in [9.17, 15) is 0 Å². The fourth-order valence-corrected chi connectivity index (χ4v) is 4.07. The quantitative estimate of drug-likeness (QED) is 0.419. The van der Waals surface area contributed by atoms with E-state index in [1.165, 1.54) is 22.0 Å². The maximum absolute atomic E-state index is 5.76. The van der Waals surface area contributed by atoms with Gasteiger partial charge in [-0.25, -0.2) is 4.98 Å². The zero-order valence-electron chi connectivity index (χ0n) is 17.1. The molecule has 4 rings (SSSR count). The lowest BCUT2D eigenvalue weighted by Gasteiger charge is -2.10. The molecule has 0 aliphatic heterocycles. The molecular weight excluding hydrogens is 344 g/mol. The molecule has 0 bridgehead atoms. The lowest BCUT2D eigenvalue weighted by atomic mass is 9.95. The zero-order valence-corrected chi connectivity index (χ0v) is 17.1. The van der Waals surface area contributed by atoms with Crippen LogP contribution in [0.3, 0.4) is 0 Å². The summed E-state index contributed by atoms with van der Waals surface area (Å²) in [4.78, 5) is 8.63. The summed E-state index contributed by atoms with van der Waals surface area (Å²) in [5, 5.41) is 1.33. The first-order valence-electron chi connectivity index (χ1n) is 10.4. The van der Waals surface area contributed by atoms with Gasteiger partial charge in [0.2, 0.25) is 0 Å². The van der Waals surface area contributed by atoms with E-state index < -0.39 is 0 Å². The summed E-state index contributed by atoms with van der Waals surface area (Å²) in [5.74, 6) is 1.57. The fourth-order valence-electron chi connectivity index (χ4n) is 4.07. The number of benzene rings is 2. The molecule has 1 unspecified atom stereocenters. The van der Waals surface area contributed by atoms with Crippen molar-refractivity contribution in [3.05, 3.63) is 53.6 Å². The van der Waals surface area contributed by atoms with E-state index in [0.717, 1.165) is 54.8 Å². The third-order valence-corrected chi connectivity index (χ3v) is 6.00. The number of imidazole rings is 1. The Bertz CT molecular complexity index is 1100. The smallest absolute Gasteiger partial charge is 0.157 e. The first-order chi connectivity index (χ1) is 13.6. The van der Waals surface area contributed by atoms with Crippen LogP contribution in [0.4, 0.5) is 0 Å². The number of aryl methyl sites for hydroxylation is 2. The molecule has 146 valence electrons. The number of nitrogens with two attached hydrogens (primary N) is 1. The average molecular weight is 375 g/mol. The molecule has 28 heavy (non-hydrogen) atoms. The molecule has 0 fully saturated rings.